The van der Waals surface area contributed by atoms with Crippen LogP contribution in [0, 0.1) is 5.82 Å². The average molecular weight is 606 g/mol. The number of carbonyl (C=O) groups excluding carboxylic acids is 2. The summed E-state index contributed by atoms with van der Waals surface area (Å²) in [6.07, 6.45) is 6.94. The van der Waals surface area contributed by atoms with Crippen molar-refractivity contribution in [1.82, 2.24) is 34.7 Å². The molecule has 5 heterocycles. The summed E-state index contributed by atoms with van der Waals surface area (Å²) in [4.78, 5) is 47.9. The number of benzene rings is 1. The van der Waals surface area contributed by atoms with E-state index in [2.05, 4.69) is 35.3 Å². The quantitative estimate of drug-likeness (QED) is 0.265. The third-order valence-corrected chi connectivity index (χ3v) is 7.09. The number of hydrogen-bond acceptors (Lipinski definition) is 8. The Bertz CT molecular complexity index is 1870. The second-order valence-corrected chi connectivity index (χ2v) is 9.87. The van der Waals surface area contributed by atoms with E-state index in [-0.39, 0.29) is 40.9 Å². The SMILES string of the molecule is C[C@@H](c1cnc(N2Cc3ncccc3C2=O)nc1)n1cc(NC(=O)c2cncc(-c3c(C(F)F)ccc(Cl)c3F)n2)cn1. The summed E-state index contributed by atoms with van der Waals surface area (Å²) in [7, 11) is 0. The van der Waals surface area contributed by atoms with Gasteiger partial charge in [-0.05, 0) is 25.1 Å². The van der Waals surface area contributed by atoms with E-state index >= 15 is 0 Å². The zero-order valence-corrected chi connectivity index (χ0v) is 22.9. The predicted molar refractivity (Wildman–Crippen MR) is 148 cm³/mol. The van der Waals surface area contributed by atoms with Crippen LogP contribution in [0.1, 0.15) is 57.1 Å². The first-order valence-corrected chi connectivity index (χ1v) is 13.1. The van der Waals surface area contributed by atoms with E-state index in [9.17, 15) is 22.8 Å². The van der Waals surface area contributed by atoms with E-state index < -0.39 is 29.3 Å². The smallest absolute Gasteiger partial charge is 0.275 e. The van der Waals surface area contributed by atoms with Crippen molar-refractivity contribution >= 4 is 35.1 Å². The number of aromatic nitrogens is 7. The summed E-state index contributed by atoms with van der Waals surface area (Å²) in [5, 5.41) is 6.53. The van der Waals surface area contributed by atoms with Crippen LogP contribution in [0.2, 0.25) is 5.02 Å². The van der Waals surface area contributed by atoms with Crippen molar-refractivity contribution in [2.75, 3.05) is 10.2 Å². The van der Waals surface area contributed by atoms with Crippen molar-refractivity contribution in [3.8, 4) is 11.3 Å². The molecule has 0 radical (unpaired) electrons. The van der Waals surface area contributed by atoms with Gasteiger partial charge in [0.2, 0.25) is 5.95 Å². The maximum absolute atomic E-state index is 14.7. The monoisotopic (exact) mass is 605 g/mol. The molecule has 1 aliphatic rings. The van der Waals surface area contributed by atoms with Gasteiger partial charge in [0.1, 0.15) is 5.69 Å². The molecule has 0 aliphatic carbocycles. The number of carbonyl (C=O) groups is 2. The van der Waals surface area contributed by atoms with Crippen molar-refractivity contribution in [3.05, 3.63) is 107 Å². The summed E-state index contributed by atoms with van der Waals surface area (Å²) in [6, 6.07) is 5.08. The lowest BCUT2D eigenvalue weighted by Crippen LogP contribution is -2.25. The molecule has 2 amide bonds. The van der Waals surface area contributed by atoms with E-state index in [0.29, 0.717) is 22.5 Å². The molecule has 0 bridgehead atoms. The van der Waals surface area contributed by atoms with Gasteiger partial charge in [-0.3, -0.25) is 29.1 Å². The molecular formula is C28H19ClF3N9O2. The van der Waals surface area contributed by atoms with Crippen molar-refractivity contribution in [2.24, 2.45) is 0 Å². The molecule has 5 aromatic rings. The average Bonchev–Trinajstić information content (AvgIpc) is 3.62. The number of halogens is 4. The van der Waals surface area contributed by atoms with Crippen molar-refractivity contribution in [2.45, 2.75) is 25.9 Å². The lowest BCUT2D eigenvalue weighted by molar-refractivity contribution is 0.0992. The highest BCUT2D eigenvalue weighted by Gasteiger charge is 2.31. The third kappa shape index (κ3) is 5.28. The van der Waals surface area contributed by atoms with Gasteiger partial charge in [0, 0.05) is 41.5 Å². The zero-order chi connectivity index (χ0) is 30.2. The van der Waals surface area contributed by atoms with Gasteiger partial charge in [0.25, 0.3) is 18.2 Å². The molecule has 15 heteroatoms. The standard InChI is InChI=1S/C28H19ClF3N9O2/c1-14(15-7-35-28(36-8-15)40-13-22-17(27(40)43)3-2-6-34-22)41-12-16(9-37-41)38-26(42)21-11-33-10-20(39-21)23-18(25(31)32)4-5-19(29)24(23)30/h2-12,14,25H,13H2,1H3,(H,38,42)/t14-/m0/s1. The van der Waals surface area contributed by atoms with Gasteiger partial charge < -0.3 is 5.32 Å². The van der Waals surface area contributed by atoms with Gasteiger partial charge in [0.05, 0.1) is 58.8 Å². The molecule has 43 heavy (non-hydrogen) atoms. The number of rotatable bonds is 7. The Morgan fingerprint density at radius 1 is 1.07 bits per heavy atom. The highest BCUT2D eigenvalue weighted by atomic mass is 35.5. The summed E-state index contributed by atoms with van der Waals surface area (Å²) in [5.74, 6) is -1.79. The van der Waals surface area contributed by atoms with Crippen LogP contribution in [0.5, 0.6) is 0 Å². The number of fused-ring (bicyclic) bond motifs is 1. The van der Waals surface area contributed by atoms with Gasteiger partial charge >= 0.3 is 0 Å². The first-order chi connectivity index (χ1) is 20.7. The van der Waals surface area contributed by atoms with E-state index in [1.54, 1.807) is 41.6 Å². The molecule has 6 rings (SSSR count). The second kappa shape index (κ2) is 11.2. The molecular weight excluding hydrogens is 587 g/mol. The van der Waals surface area contributed by atoms with Gasteiger partial charge in [-0.25, -0.2) is 28.1 Å². The number of amides is 2. The van der Waals surface area contributed by atoms with Crippen molar-refractivity contribution in [1.29, 1.82) is 0 Å². The minimum atomic E-state index is -3.01. The number of alkyl halides is 2. The van der Waals surface area contributed by atoms with Crippen molar-refractivity contribution < 1.29 is 22.8 Å². The topological polar surface area (TPSA) is 132 Å². The second-order valence-electron chi connectivity index (χ2n) is 9.46. The first kappa shape index (κ1) is 27.9. The molecule has 1 aliphatic heterocycles. The zero-order valence-electron chi connectivity index (χ0n) is 22.1. The van der Waals surface area contributed by atoms with Crippen LogP contribution in [-0.2, 0) is 6.54 Å². The largest absolute Gasteiger partial charge is 0.318 e. The predicted octanol–water partition coefficient (Wildman–Crippen LogP) is 5.28. The van der Waals surface area contributed by atoms with Crippen LogP contribution >= 0.6 is 11.6 Å². The number of nitrogens with one attached hydrogen (secondary N) is 1. The maximum atomic E-state index is 14.7. The van der Waals surface area contributed by atoms with Crippen LogP contribution in [0.4, 0.5) is 24.8 Å². The Morgan fingerprint density at radius 2 is 1.86 bits per heavy atom. The molecule has 0 spiro atoms. The molecule has 0 saturated carbocycles. The van der Waals surface area contributed by atoms with Gasteiger partial charge in [-0.2, -0.15) is 5.10 Å². The molecule has 1 N–H and O–H groups in total. The third-order valence-electron chi connectivity index (χ3n) is 6.80. The maximum Gasteiger partial charge on any atom is 0.275 e. The highest BCUT2D eigenvalue weighted by Crippen LogP contribution is 2.35. The van der Waals surface area contributed by atoms with Crippen LogP contribution in [0.15, 0.2) is 67.6 Å². The van der Waals surface area contributed by atoms with Crippen LogP contribution in [-0.4, -0.2) is 46.5 Å². The van der Waals surface area contributed by atoms with Crippen molar-refractivity contribution in [3.63, 3.8) is 0 Å². The molecule has 1 atom stereocenters. The number of hydrogen-bond donors (Lipinski definition) is 1. The Kier molecular flexibility index (Phi) is 7.27. The lowest BCUT2D eigenvalue weighted by atomic mass is 10.0. The normalized spacial score (nSPS) is 13.3. The molecule has 216 valence electrons. The molecule has 1 aromatic carbocycles. The lowest BCUT2D eigenvalue weighted by Gasteiger charge is -2.15. The number of anilines is 2. The first-order valence-electron chi connectivity index (χ1n) is 12.7. The molecule has 0 fully saturated rings. The van der Waals surface area contributed by atoms with Gasteiger partial charge in [0.15, 0.2) is 5.82 Å². The Hall–Kier alpha value is -5.24. The highest BCUT2D eigenvalue weighted by molar-refractivity contribution is 6.31. The van der Waals surface area contributed by atoms with E-state index in [1.165, 1.54) is 11.1 Å². The summed E-state index contributed by atoms with van der Waals surface area (Å²) in [5.41, 5.74) is 0.488. The van der Waals surface area contributed by atoms with E-state index in [4.69, 9.17) is 11.6 Å². The Morgan fingerprint density at radius 3 is 2.60 bits per heavy atom. The van der Waals surface area contributed by atoms with Crippen LogP contribution in [0.25, 0.3) is 11.3 Å². The van der Waals surface area contributed by atoms with Gasteiger partial charge in [-0.15, -0.1) is 0 Å². The van der Waals surface area contributed by atoms with Gasteiger partial charge in [-0.1, -0.05) is 17.7 Å². The molecule has 0 saturated heterocycles. The fourth-order valence-electron chi connectivity index (χ4n) is 4.54. The fraction of sp³-hybridized carbons (Fsp3) is 0.143. The summed E-state index contributed by atoms with van der Waals surface area (Å²) < 4.78 is 43.4. The number of pyridine rings is 1. The molecule has 11 nitrogen and oxygen atoms in total. The fourth-order valence-corrected chi connectivity index (χ4v) is 4.70. The Balaban J connectivity index is 1.16. The van der Waals surface area contributed by atoms with E-state index in [0.717, 1.165) is 24.5 Å². The number of nitrogens with zero attached hydrogens (tertiary/aromatic N) is 8. The van der Waals surface area contributed by atoms with Crippen LogP contribution < -0.4 is 10.2 Å². The molecule has 4 aromatic heterocycles. The Labute approximate surface area is 246 Å². The summed E-state index contributed by atoms with van der Waals surface area (Å²) >= 11 is 5.80. The summed E-state index contributed by atoms with van der Waals surface area (Å²) in [6.45, 7) is 2.12. The minimum Gasteiger partial charge on any atom is -0.318 e. The molecule has 0 unspecified atom stereocenters. The van der Waals surface area contributed by atoms with E-state index in [1.807, 2.05) is 6.92 Å². The van der Waals surface area contributed by atoms with Crippen LogP contribution in [0.3, 0.4) is 0 Å². The minimum absolute atomic E-state index is 0.223.